The molecule has 19 heteroatoms. The van der Waals surface area contributed by atoms with Gasteiger partial charge in [0.15, 0.2) is 18.9 Å². The summed E-state index contributed by atoms with van der Waals surface area (Å²) in [6.07, 6.45) is 42.2. The van der Waals surface area contributed by atoms with E-state index in [9.17, 15) is 61.0 Å². The monoisotopic (exact) mass is 1290 g/mol. The Hall–Kier alpha value is -3.03. The second kappa shape index (κ2) is 53.2. The van der Waals surface area contributed by atoms with Gasteiger partial charge < -0.3 is 89.9 Å². The summed E-state index contributed by atoms with van der Waals surface area (Å²) in [4.78, 5) is 13.3. The third-order valence-corrected chi connectivity index (χ3v) is 17.3. The number of hydrogen-bond acceptors (Lipinski definition) is 18. The SMILES string of the molecule is C/C=C/CC/C=C/CC/C=C/C(O)C(COC1OC(CO)C(OC2OC(CO)C(OC3OC(CO)C(O)C(O)C3O)C(O)C2O)C(O)C1O)NC(=O)CCCCCCCCCCCCCCCCCCCCCCCCCC/C=C\C/C=C\C/C=C\C/C=C\CC. The minimum absolute atomic E-state index is 0.231. The molecule has 3 rings (SSSR count). The fourth-order valence-electron chi connectivity index (χ4n) is 11.6. The van der Waals surface area contributed by atoms with Crippen molar-refractivity contribution in [3.8, 4) is 0 Å². The van der Waals surface area contributed by atoms with Crippen LogP contribution in [0.3, 0.4) is 0 Å². The summed E-state index contributed by atoms with van der Waals surface area (Å²) in [7, 11) is 0. The molecule has 12 N–H and O–H groups in total. The highest BCUT2D eigenvalue weighted by atomic mass is 16.8. The van der Waals surface area contributed by atoms with Crippen molar-refractivity contribution in [2.75, 3.05) is 26.4 Å². The smallest absolute Gasteiger partial charge is 0.220 e. The van der Waals surface area contributed by atoms with Crippen molar-refractivity contribution in [1.82, 2.24) is 5.32 Å². The largest absolute Gasteiger partial charge is 0.394 e. The Labute approximate surface area is 546 Å². The lowest BCUT2D eigenvalue weighted by Crippen LogP contribution is -2.66. The average Bonchev–Trinajstić information content (AvgIpc) is 0.878. The molecule has 0 bridgehead atoms. The van der Waals surface area contributed by atoms with E-state index in [4.69, 9.17) is 28.4 Å². The van der Waals surface area contributed by atoms with E-state index < -0.39 is 124 Å². The number of carbonyl (C=O) groups is 1. The molecular formula is C72H125NO18. The lowest BCUT2D eigenvalue weighted by molar-refractivity contribution is -0.379. The van der Waals surface area contributed by atoms with E-state index in [0.717, 1.165) is 64.2 Å². The number of aliphatic hydroxyl groups excluding tert-OH is 11. The van der Waals surface area contributed by atoms with Gasteiger partial charge in [0.05, 0.1) is 38.6 Å². The van der Waals surface area contributed by atoms with Gasteiger partial charge in [0.1, 0.15) is 73.2 Å². The van der Waals surface area contributed by atoms with Gasteiger partial charge in [0.25, 0.3) is 0 Å². The number of hydrogen-bond donors (Lipinski definition) is 12. The lowest BCUT2D eigenvalue weighted by Gasteiger charge is -2.48. The number of ether oxygens (including phenoxy) is 6. The van der Waals surface area contributed by atoms with Crippen molar-refractivity contribution in [2.24, 2.45) is 0 Å². The zero-order chi connectivity index (χ0) is 66.1. The van der Waals surface area contributed by atoms with E-state index in [1.165, 1.54) is 135 Å². The van der Waals surface area contributed by atoms with Gasteiger partial charge in [0.2, 0.25) is 5.91 Å². The predicted octanol–water partition coefficient (Wildman–Crippen LogP) is 9.49. The fraction of sp³-hybridized carbons (Fsp3) is 0.792. The van der Waals surface area contributed by atoms with E-state index in [-0.39, 0.29) is 18.9 Å². The van der Waals surface area contributed by atoms with E-state index in [1.807, 2.05) is 19.1 Å². The Balaban J connectivity index is 1.28. The molecule has 3 aliphatic heterocycles. The molecule has 0 aromatic rings. The zero-order valence-corrected chi connectivity index (χ0v) is 55.5. The van der Waals surface area contributed by atoms with Crippen molar-refractivity contribution in [3.05, 3.63) is 85.1 Å². The molecule has 3 heterocycles. The fourth-order valence-corrected chi connectivity index (χ4v) is 11.6. The van der Waals surface area contributed by atoms with Gasteiger partial charge in [0, 0.05) is 6.42 Å². The van der Waals surface area contributed by atoms with Gasteiger partial charge in [-0.1, -0.05) is 233 Å². The Morgan fingerprint density at radius 2 is 0.780 bits per heavy atom. The second-order valence-corrected chi connectivity index (χ2v) is 25.0. The van der Waals surface area contributed by atoms with Crippen LogP contribution in [0.2, 0.25) is 0 Å². The first kappa shape index (κ1) is 82.2. The van der Waals surface area contributed by atoms with Gasteiger partial charge >= 0.3 is 0 Å². The zero-order valence-electron chi connectivity index (χ0n) is 55.5. The molecule has 0 aromatic carbocycles. The van der Waals surface area contributed by atoms with Crippen molar-refractivity contribution < 1.29 is 89.4 Å². The summed E-state index contributed by atoms with van der Waals surface area (Å²) in [5.74, 6) is -0.292. The molecule has 526 valence electrons. The number of carbonyl (C=O) groups excluding carboxylic acids is 1. The molecule has 0 radical (unpaired) electrons. The van der Waals surface area contributed by atoms with Crippen LogP contribution in [-0.4, -0.2) is 193 Å². The highest BCUT2D eigenvalue weighted by Crippen LogP contribution is 2.33. The van der Waals surface area contributed by atoms with E-state index in [1.54, 1.807) is 6.08 Å². The van der Waals surface area contributed by atoms with Crippen molar-refractivity contribution >= 4 is 5.91 Å². The molecule has 3 aliphatic rings. The van der Waals surface area contributed by atoms with Gasteiger partial charge in [-0.05, 0) is 77.6 Å². The summed E-state index contributed by atoms with van der Waals surface area (Å²) in [5, 5.41) is 120. The van der Waals surface area contributed by atoms with E-state index in [0.29, 0.717) is 12.8 Å². The number of rotatable bonds is 53. The second-order valence-electron chi connectivity index (χ2n) is 25.0. The van der Waals surface area contributed by atoms with Gasteiger partial charge in [-0.3, -0.25) is 4.79 Å². The maximum absolute atomic E-state index is 13.3. The van der Waals surface area contributed by atoms with Crippen molar-refractivity contribution in [2.45, 2.75) is 336 Å². The summed E-state index contributed by atoms with van der Waals surface area (Å²) < 4.78 is 34.2. The molecule has 3 saturated heterocycles. The maximum atomic E-state index is 13.3. The minimum Gasteiger partial charge on any atom is -0.394 e. The molecule has 19 nitrogen and oxygen atoms in total. The van der Waals surface area contributed by atoms with Crippen LogP contribution in [0.5, 0.6) is 0 Å². The average molecular weight is 1290 g/mol. The highest BCUT2D eigenvalue weighted by Gasteiger charge is 2.53. The van der Waals surface area contributed by atoms with Crippen LogP contribution in [0.25, 0.3) is 0 Å². The van der Waals surface area contributed by atoms with Crippen LogP contribution in [0.4, 0.5) is 0 Å². The minimum atomic E-state index is -1.98. The summed E-state index contributed by atoms with van der Waals surface area (Å²) in [6, 6.07) is -0.996. The van der Waals surface area contributed by atoms with Crippen LogP contribution < -0.4 is 5.32 Å². The van der Waals surface area contributed by atoms with Crippen molar-refractivity contribution in [3.63, 3.8) is 0 Å². The third-order valence-electron chi connectivity index (χ3n) is 17.3. The Morgan fingerprint density at radius 1 is 0.418 bits per heavy atom. The predicted molar refractivity (Wildman–Crippen MR) is 355 cm³/mol. The Morgan fingerprint density at radius 3 is 1.23 bits per heavy atom. The normalized spacial score (nSPS) is 28.4. The van der Waals surface area contributed by atoms with Crippen LogP contribution in [-0.2, 0) is 33.2 Å². The van der Waals surface area contributed by atoms with Gasteiger partial charge in [-0.2, -0.15) is 0 Å². The molecule has 0 spiro atoms. The molecule has 91 heavy (non-hydrogen) atoms. The lowest BCUT2D eigenvalue weighted by atomic mass is 9.96. The maximum Gasteiger partial charge on any atom is 0.220 e. The Bertz CT molecular complexity index is 1980. The number of nitrogens with one attached hydrogen (secondary N) is 1. The first-order valence-electron chi connectivity index (χ1n) is 35.3. The molecule has 0 saturated carbocycles. The summed E-state index contributed by atoms with van der Waals surface area (Å²) >= 11 is 0. The first-order chi connectivity index (χ1) is 44.3. The first-order valence-corrected chi connectivity index (χ1v) is 35.3. The summed E-state index contributed by atoms with van der Waals surface area (Å²) in [6.45, 7) is 1.34. The molecule has 3 fully saturated rings. The number of allylic oxidation sites excluding steroid dienone is 13. The molecule has 17 atom stereocenters. The standard InChI is InChI=1S/C72H125NO18/c1-3-5-7-9-11-13-14-15-16-17-18-19-20-21-22-23-24-25-26-27-28-29-30-31-32-33-34-35-36-37-38-39-40-42-44-46-48-50-60(78)73-55(56(77)49-47-45-43-41-12-10-8-6-4-2)54-86-70-66(84)63(81)68(58(52-75)88-70)91-72-67(85)64(82)69(59(53-76)89-72)90-71-65(83)62(80)61(79)57(51-74)87-71/h4-7,11-13,15-16,18-19,41,47,49,55-59,61-72,74-77,79-85H,3,8-10,14,17,20-40,42-46,48,50-54H2,1-2H3,(H,73,78)/b6-4+,7-5-,13-11-,16-15-,19-18-,41-12+,49-47+. The number of aliphatic hydroxyl groups is 11. The molecule has 17 unspecified atom stereocenters. The molecule has 1 amide bonds. The molecule has 0 aliphatic carbocycles. The van der Waals surface area contributed by atoms with Crippen LogP contribution in [0, 0.1) is 0 Å². The van der Waals surface area contributed by atoms with E-state index in [2.05, 4.69) is 79.1 Å². The quantitative estimate of drug-likeness (QED) is 0.0199. The number of unbranched alkanes of at least 4 members (excludes halogenated alkanes) is 26. The van der Waals surface area contributed by atoms with Gasteiger partial charge in [-0.15, -0.1) is 0 Å². The van der Waals surface area contributed by atoms with E-state index >= 15 is 0 Å². The molecule has 0 aromatic heterocycles. The third kappa shape index (κ3) is 35.0. The molecular weight excluding hydrogens is 1170 g/mol. The van der Waals surface area contributed by atoms with Crippen LogP contribution >= 0.6 is 0 Å². The summed E-state index contributed by atoms with van der Waals surface area (Å²) in [5.41, 5.74) is 0. The topological polar surface area (TPSA) is 307 Å². The Kier molecular flexibility index (Phi) is 48.0. The van der Waals surface area contributed by atoms with Crippen molar-refractivity contribution in [1.29, 1.82) is 0 Å². The van der Waals surface area contributed by atoms with Crippen LogP contribution in [0.1, 0.15) is 232 Å². The highest BCUT2D eigenvalue weighted by molar-refractivity contribution is 5.76. The number of amides is 1. The van der Waals surface area contributed by atoms with Gasteiger partial charge in [-0.25, -0.2) is 0 Å². The van der Waals surface area contributed by atoms with Crippen LogP contribution in [0.15, 0.2) is 85.1 Å².